The van der Waals surface area contributed by atoms with Gasteiger partial charge in [0, 0.05) is 5.92 Å². The molecule has 1 aliphatic rings. The first-order valence-electron chi connectivity index (χ1n) is 10.8. The molecule has 0 saturated heterocycles. The Morgan fingerprint density at radius 1 is 0.839 bits per heavy atom. The Kier molecular flexibility index (Phi) is 6.47. The van der Waals surface area contributed by atoms with Gasteiger partial charge in [0.1, 0.15) is 0 Å². The summed E-state index contributed by atoms with van der Waals surface area (Å²) in [7, 11) is 1.48. The smallest absolute Gasteiger partial charge is 0.309 e. The fourth-order valence-electron chi connectivity index (χ4n) is 4.57. The predicted octanol–water partition coefficient (Wildman–Crippen LogP) is 6.80. The fourth-order valence-corrected chi connectivity index (χ4v) is 4.57. The second-order valence-electron chi connectivity index (χ2n) is 8.15. The van der Waals surface area contributed by atoms with E-state index in [1.807, 2.05) is 18.2 Å². The number of allylic oxidation sites excluding steroid dienone is 3. The predicted molar refractivity (Wildman–Crippen MR) is 127 cm³/mol. The Labute approximate surface area is 184 Å². The maximum atomic E-state index is 12.4. The van der Waals surface area contributed by atoms with Gasteiger partial charge < -0.3 is 4.74 Å². The molecule has 0 saturated carbocycles. The van der Waals surface area contributed by atoms with Crippen LogP contribution in [0.5, 0.6) is 0 Å². The molecule has 4 rings (SSSR count). The van der Waals surface area contributed by atoms with Crippen LogP contribution in [-0.2, 0) is 9.53 Å². The van der Waals surface area contributed by atoms with Gasteiger partial charge in [-0.3, -0.25) is 4.79 Å². The summed E-state index contributed by atoms with van der Waals surface area (Å²) in [6.45, 7) is 2.16. The van der Waals surface area contributed by atoms with Gasteiger partial charge in [-0.05, 0) is 53.7 Å². The number of carbonyl (C=O) groups excluding carboxylic acids is 1. The molecule has 2 nitrogen and oxygen atoms in total. The van der Waals surface area contributed by atoms with Gasteiger partial charge in [-0.2, -0.15) is 0 Å². The second-order valence-corrected chi connectivity index (χ2v) is 8.15. The Morgan fingerprint density at radius 2 is 1.35 bits per heavy atom. The molecule has 0 amide bonds. The largest absolute Gasteiger partial charge is 0.469 e. The zero-order valence-corrected chi connectivity index (χ0v) is 18.1. The molecule has 0 fully saturated rings. The van der Waals surface area contributed by atoms with Gasteiger partial charge in [0.25, 0.3) is 0 Å². The van der Waals surface area contributed by atoms with Crippen molar-refractivity contribution in [1.82, 2.24) is 0 Å². The Bertz CT molecular complexity index is 1040. The molecule has 0 aromatic heterocycles. The van der Waals surface area contributed by atoms with E-state index < -0.39 is 0 Å². The van der Waals surface area contributed by atoms with Crippen LogP contribution >= 0.6 is 0 Å². The Balaban J connectivity index is 1.86. The van der Waals surface area contributed by atoms with Gasteiger partial charge in [-0.1, -0.05) is 96.6 Å². The maximum Gasteiger partial charge on any atom is 0.309 e. The SMILES string of the molecule is COC(=O)[C@@H]1CC(C)=C(C=C(c2ccccc2)c2ccccc2)[C@H](c2ccccc2)C1. The van der Waals surface area contributed by atoms with E-state index in [1.165, 1.54) is 40.5 Å². The molecule has 2 heteroatoms. The van der Waals surface area contributed by atoms with E-state index in [1.54, 1.807) is 0 Å². The minimum absolute atomic E-state index is 0.107. The van der Waals surface area contributed by atoms with E-state index in [4.69, 9.17) is 4.74 Å². The minimum Gasteiger partial charge on any atom is -0.469 e. The number of methoxy groups -OCH3 is 1. The van der Waals surface area contributed by atoms with E-state index in [2.05, 4.69) is 85.8 Å². The number of hydrogen-bond acceptors (Lipinski definition) is 2. The number of ether oxygens (including phenoxy) is 1. The molecule has 3 aromatic rings. The van der Waals surface area contributed by atoms with Crippen molar-refractivity contribution in [2.75, 3.05) is 7.11 Å². The van der Waals surface area contributed by atoms with Crippen LogP contribution in [0.15, 0.2) is 108 Å². The number of benzene rings is 3. The van der Waals surface area contributed by atoms with Crippen molar-refractivity contribution in [2.45, 2.75) is 25.7 Å². The van der Waals surface area contributed by atoms with Crippen LogP contribution in [0.3, 0.4) is 0 Å². The summed E-state index contributed by atoms with van der Waals surface area (Å²) in [5, 5.41) is 0. The molecular formula is C29H28O2. The molecule has 0 aliphatic heterocycles. The Hall–Kier alpha value is -3.39. The zero-order valence-electron chi connectivity index (χ0n) is 18.1. The molecule has 0 bridgehead atoms. The average molecular weight is 409 g/mol. The van der Waals surface area contributed by atoms with Gasteiger partial charge >= 0.3 is 5.97 Å². The van der Waals surface area contributed by atoms with Crippen LogP contribution in [0.2, 0.25) is 0 Å². The molecule has 31 heavy (non-hydrogen) atoms. The van der Waals surface area contributed by atoms with Crippen LogP contribution in [0.4, 0.5) is 0 Å². The van der Waals surface area contributed by atoms with Crippen LogP contribution < -0.4 is 0 Å². The highest BCUT2D eigenvalue weighted by Crippen LogP contribution is 2.43. The second kappa shape index (κ2) is 9.61. The molecular weight excluding hydrogens is 380 g/mol. The molecule has 0 spiro atoms. The molecule has 0 heterocycles. The topological polar surface area (TPSA) is 26.3 Å². The first-order chi connectivity index (χ1) is 15.2. The first-order valence-corrected chi connectivity index (χ1v) is 10.8. The fraction of sp³-hybridized carbons (Fsp3) is 0.207. The van der Waals surface area contributed by atoms with Crippen molar-refractivity contribution in [3.63, 3.8) is 0 Å². The van der Waals surface area contributed by atoms with Crippen molar-refractivity contribution in [3.8, 4) is 0 Å². The van der Waals surface area contributed by atoms with E-state index in [0.29, 0.717) is 0 Å². The highest BCUT2D eigenvalue weighted by molar-refractivity contribution is 5.82. The summed E-state index contributed by atoms with van der Waals surface area (Å²) >= 11 is 0. The minimum atomic E-state index is -0.116. The van der Waals surface area contributed by atoms with Gasteiger partial charge in [0.2, 0.25) is 0 Å². The van der Waals surface area contributed by atoms with Crippen molar-refractivity contribution >= 4 is 11.5 Å². The van der Waals surface area contributed by atoms with Gasteiger partial charge in [0.15, 0.2) is 0 Å². The van der Waals surface area contributed by atoms with E-state index >= 15 is 0 Å². The Morgan fingerprint density at radius 3 is 1.87 bits per heavy atom. The van der Waals surface area contributed by atoms with Crippen molar-refractivity contribution in [1.29, 1.82) is 0 Å². The molecule has 0 radical (unpaired) electrons. The zero-order chi connectivity index (χ0) is 21.6. The summed E-state index contributed by atoms with van der Waals surface area (Å²) in [4.78, 5) is 12.4. The van der Waals surface area contributed by atoms with Crippen LogP contribution in [0.1, 0.15) is 42.4 Å². The van der Waals surface area contributed by atoms with Crippen LogP contribution in [-0.4, -0.2) is 13.1 Å². The summed E-state index contributed by atoms with van der Waals surface area (Å²) in [6.07, 6.45) is 3.83. The lowest BCUT2D eigenvalue weighted by Crippen LogP contribution is -2.24. The number of rotatable bonds is 5. The average Bonchev–Trinajstić information content (AvgIpc) is 2.84. The van der Waals surface area contributed by atoms with Gasteiger partial charge in [-0.25, -0.2) is 0 Å². The lowest BCUT2D eigenvalue weighted by atomic mass is 9.73. The number of carbonyl (C=O) groups is 1. The van der Waals surface area contributed by atoms with Crippen molar-refractivity contribution in [2.24, 2.45) is 5.92 Å². The quantitative estimate of drug-likeness (QED) is 0.434. The number of hydrogen-bond donors (Lipinski definition) is 0. The van der Waals surface area contributed by atoms with E-state index in [9.17, 15) is 4.79 Å². The molecule has 156 valence electrons. The third-order valence-corrected chi connectivity index (χ3v) is 6.15. The van der Waals surface area contributed by atoms with Crippen molar-refractivity contribution < 1.29 is 9.53 Å². The van der Waals surface area contributed by atoms with Gasteiger partial charge in [0.05, 0.1) is 13.0 Å². The monoisotopic (exact) mass is 408 g/mol. The molecule has 3 aromatic carbocycles. The molecule has 0 N–H and O–H groups in total. The molecule has 1 aliphatic carbocycles. The molecule has 0 unspecified atom stereocenters. The van der Waals surface area contributed by atoms with Gasteiger partial charge in [-0.15, -0.1) is 0 Å². The lowest BCUT2D eigenvalue weighted by molar-refractivity contribution is -0.145. The standard InChI is InChI=1S/C29H28O2/c1-21-18-25(29(30)31-2)19-28(24-16-10-5-11-17-24)26(21)20-27(22-12-6-3-7-13-22)23-14-8-4-9-15-23/h3-17,20,25,28H,18-19H2,1-2H3/t25-,28+/m1/s1. The van der Waals surface area contributed by atoms with Crippen LogP contribution in [0, 0.1) is 5.92 Å². The highest BCUT2D eigenvalue weighted by Gasteiger charge is 2.32. The summed E-state index contributed by atoms with van der Waals surface area (Å²) in [5.74, 6) is -0.0691. The molecule has 2 atom stereocenters. The highest BCUT2D eigenvalue weighted by atomic mass is 16.5. The first kappa shape index (κ1) is 20.9. The van der Waals surface area contributed by atoms with Crippen LogP contribution in [0.25, 0.3) is 5.57 Å². The third-order valence-electron chi connectivity index (χ3n) is 6.15. The van der Waals surface area contributed by atoms with E-state index in [0.717, 1.165) is 12.8 Å². The summed E-state index contributed by atoms with van der Waals surface area (Å²) in [5.41, 5.74) is 7.37. The normalized spacial score (nSPS) is 18.4. The number of esters is 1. The summed E-state index contributed by atoms with van der Waals surface area (Å²) < 4.78 is 5.10. The third kappa shape index (κ3) is 4.69. The van der Waals surface area contributed by atoms with Crippen molar-refractivity contribution in [3.05, 3.63) is 125 Å². The maximum absolute atomic E-state index is 12.4. The lowest BCUT2D eigenvalue weighted by Gasteiger charge is -2.31. The summed E-state index contributed by atoms with van der Waals surface area (Å²) in [6, 6.07) is 31.6. The van der Waals surface area contributed by atoms with E-state index in [-0.39, 0.29) is 17.8 Å².